The van der Waals surface area contributed by atoms with Crippen LogP contribution < -0.4 is 0 Å². The van der Waals surface area contributed by atoms with Crippen molar-refractivity contribution in [3.63, 3.8) is 0 Å². The summed E-state index contributed by atoms with van der Waals surface area (Å²) in [6.45, 7) is 7.33. The van der Waals surface area contributed by atoms with Gasteiger partial charge in [0, 0.05) is 0 Å². The van der Waals surface area contributed by atoms with Crippen molar-refractivity contribution in [3.8, 4) is 5.75 Å². The van der Waals surface area contributed by atoms with Gasteiger partial charge in [0.1, 0.15) is 5.75 Å². The smallest absolute Gasteiger partial charge is 0.338 e. The zero-order valence-electron chi connectivity index (χ0n) is 17.9. The van der Waals surface area contributed by atoms with Crippen LogP contribution in [0.15, 0.2) is 104 Å². The highest BCUT2D eigenvalue weighted by Gasteiger charge is 2.11. The Balaban J connectivity index is 0.000000225. The highest BCUT2D eigenvalue weighted by molar-refractivity contribution is 6.15. The average molecular weight is 413 g/mol. The lowest BCUT2D eigenvalue weighted by Gasteiger charge is -2.09. The molecule has 0 amide bonds. The molecule has 0 aromatic heterocycles. The summed E-state index contributed by atoms with van der Waals surface area (Å²) in [4.78, 5) is 11.4. The molecule has 0 atom stereocenters. The average Bonchev–Trinajstić information content (AvgIpc) is 2.79. The monoisotopic (exact) mass is 412 g/mol. The zero-order chi connectivity index (χ0) is 22.5. The first-order valence-corrected chi connectivity index (χ1v) is 10.1. The van der Waals surface area contributed by atoms with Gasteiger partial charge in [0.15, 0.2) is 0 Å². The van der Waals surface area contributed by atoms with Crippen molar-refractivity contribution in [2.75, 3.05) is 0 Å². The molecule has 0 saturated heterocycles. The van der Waals surface area contributed by atoms with Gasteiger partial charge < -0.3 is 9.84 Å². The Bertz CT molecular complexity index is 999. The van der Waals surface area contributed by atoms with Crippen LogP contribution in [0.3, 0.4) is 0 Å². The highest BCUT2D eigenvalue weighted by Crippen LogP contribution is 2.14. The van der Waals surface area contributed by atoms with Crippen molar-refractivity contribution in [1.29, 1.82) is 0 Å². The maximum atomic E-state index is 11.4. The number of ether oxygens (including phenoxy) is 1. The summed E-state index contributed by atoms with van der Waals surface area (Å²) in [6.07, 6.45) is 7.93. The van der Waals surface area contributed by atoms with Gasteiger partial charge in [0.2, 0.25) is 0 Å². The Morgan fingerprint density at radius 1 is 0.806 bits per heavy atom. The van der Waals surface area contributed by atoms with Crippen molar-refractivity contribution >= 4 is 23.7 Å². The third-order valence-corrected chi connectivity index (χ3v) is 4.09. The van der Waals surface area contributed by atoms with Crippen molar-refractivity contribution in [2.45, 2.75) is 20.0 Å². The molecule has 0 aliphatic heterocycles. The maximum Gasteiger partial charge on any atom is 0.338 e. The molecule has 0 radical (unpaired) electrons. The SMILES string of the molecule is C=C(C(=O)OC(C)C)c1ccccc1.Oc1ccc(C=CC=Cc2ccccc2)cc1. The molecule has 0 fully saturated rings. The summed E-state index contributed by atoms with van der Waals surface area (Å²) in [6, 6.07) is 26.6. The van der Waals surface area contributed by atoms with Crippen molar-refractivity contribution < 1.29 is 14.6 Å². The minimum atomic E-state index is -0.355. The number of carbonyl (C=O) groups excluding carboxylic acids is 1. The largest absolute Gasteiger partial charge is 0.508 e. The molecule has 3 nitrogen and oxygen atoms in total. The number of allylic oxidation sites excluding steroid dienone is 2. The molecule has 3 heteroatoms. The summed E-state index contributed by atoms with van der Waals surface area (Å²) in [7, 11) is 0. The second-order valence-corrected chi connectivity index (χ2v) is 7.02. The molecule has 0 heterocycles. The van der Waals surface area contributed by atoms with Gasteiger partial charge in [0.05, 0.1) is 11.7 Å². The standard InChI is InChI=1S/C16H14O.C12H14O2/c17-16-12-10-15(11-13-16)9-5-4-8-14-6-2-1-3-7-14;1-9(2)14-12(13)10(3)11-7-5-4-6-8-11/h1-13,17H;4-9H,3H2,1-2H3. The third-order valence-electron chi connectivity index (χ3n) is 4.09. The second kappa shape index (κ2) is 12.7. The molecule has 0 bridgehead atoms. The fourth-order valence-corrected chi connectivity index (χ4v) is 2.53. The van der Waals surface area contributed by atoms with Gasteiger partial charge in [-0.05, 0) is 42.7 Å². The van der Waals surface area contributed by atoms with E-state index >= 15 is 0 Å². The quantitative estimate of drug-likeness (QED) is 0.276. The molecule has 0 aliphatic carbocycles. The van der Waals surface area contributed by atoms with Gasteiger partial charge in [-0.2, -0.15) is 0 Å². The molecule has 1 N–H and O–H groups in total. The molecule has 0 unspecified atom stereocenters. The van der Waals surface area contributed by atoms with Crippen molar-refractivity contribution in [3.05, 3.63) is 120 Å². The van der Waals surface area contributed by atoms with Crippen LogP contribution in [0.5, 0.6) is 5.75 Å². The topological polar surface area (TPSA) is 46.5 Å². The van der Waals surface area contributed by atoms with Crippen LogP contribution in [0.2, 0.25) is 0 Å². The molecule has 0 aliphatic rings. The molecule has 0 spiro atoms. The van der Waals surface area contributed by atoms with Crippen molar-refractivity contribution in [1.82, 2.24) is 0 Å². The predicted molar refractivity (Wildman–Crippen MR) is 129 cm³/mol. The molecule has 158 valence electrons. The van der Waals surface area contributed by atoms with E-state index in [-0.39, 0.29) is 12.1 Å². The van der Waals surface area contributed by atoms with E-state index in [0.29, 0.717) is 11.3 Å². The van der Waals surface area contributed by atoms with E-state index in [1.807, 2.05) is 92.7 Å². The lowest BCUT2D eigenvalue weighted by atomic mass is 10.1. The lowest BCUT2D eigenvalue weighted by molar-refractivity contribution is -0.140. The molecule has 3 aromatic rings. The maximum absolute atomic E-state index is 11.4. The van der Waals surface area contributed by atoms with Gasteiger partial charge in [-0.15, -0.1) is 0 Å². The lowest BCUT2D eigenvalue weighted by Crippen LogP contribution is -2.12. The Hall–Kier alpha value is -3.85. The second-order valence-electron chi connectivity index (χ2n) is 7.02. The normalized spacial score (nSPS) is 10.7. The number of aromatic hydroxyl groups is 1. The Labute approximate surface area is 184 Å². The first-order valence-electron chi connectivity index (χ1n) is 10.1. The third kappa shape index (κ3) is 9.01. The Morgan fingerprint density at radius 2 is 1.29 bits per heavy atom. The van der Waals surface area contributed by atoms with Crippen LogP contribution in [0.25, 0.3) is 17.7 Å². The molecular weight excluding hydrogens is 384 g/mol. The molecule has 3 rings (SSSR count). The molecule has 31 heavy (non-hydrogen) atoms. The Morgan fingerprint density at radius 3 is 1.81 bits per heavy atom. The van der Waals surface area contributed by atoms with E-state index in [9.17, 15) is 4.79 Å². The van der Waals surface area contributed by atoms with Crippen LogP contribution in [0.4, 0.5) is 0 Å². The fourth-order valence-electron chi connectivity index (χ4n) is 2.53. The van der Waals surface area contributed by atoms with Gasteiger partial charge in [-0.1, -0.05) is 104 Å². The first-order chi connectivity index (χ1) is 15.0. The number of phenols is 1. The Kier molecular flexibility index (Phi) is 9.57. The van der Waals surface area contributed by atoms with Gasteiger partial charge in [-0.3, -0.25) is 0 Å². The number of hydrogen-bond donors (Lipinski definition) is 1. The van der Waals surface area contributed by atoms with E-state index < -0.39 is 0 Å². The van der Waals surface area contributed by atoms with Crippen molar-refractivity contribution in [2.24, 2.45) is 0 Å². The first kappa shape index (κ1) is 23.4. The van der Waals surface area contributed by atoms with Gasteiger partial charge >= 0.3 is 5.97 Å². The number of esters is 1. The summed E-state index contributed by atoms with van der Waals surface area (Å²) in [5, 5.41) is 9.14. The van der Waals surface area contributed by atoms with E-state index in [4.69, 9.17) is 9.84 Å². The summed E-state index contributed by atoms with van der Waals surface area (Å²) in [5.41, 5.74) is 3.46. The van der Waals surface area contributed by atoms with E-state index in [1.54, 1.807) is 12.1 Å². The summed E-state index contributed by atoms with van der Waals surface area (Å²) in [5.74, 6) is -0.0619. The molecule has 0 saturated carbocycles. The minimum Gasteiger partial charge on any atom is -0.508 e. The van der Waals surface area contributed by atoms with E-state index in [2.05, 4.69) is 24.8 Å². The number of phenolic OH excluding ortho intramolecular Hbond substituents is 1. The number of hydrogen-bond acceptors (Lipinski definition) is 3. The number of benzene rings is 3. The summed E-state index contributed by atoms with van der Waals surface area (Å²) < 4.78 is 5.03. The van der Waals surface area contributed by atoms with E-state index in [0.717, 1.165) is 11.1 Å². The van der Waals surface area contributed by atoms with Crippen LogP contribution in [0, 0.1) is 0 Å². The van der Waals surface area contributed by atoms with Gasteiger partial charge in [0.25, 0.3) is 0 Å². The fraction of sp³-hybridized carbons (Fsp3) is 0.107. The minimum absolute atomic E-state index is 0.108. The summed E-state index contributed by atoms with van der Waals surface area (Å²) >= 11 is 0. The van der Waals surface area contributed by atoms with Crippen LogP contribution in [-0.4, -0.2) is 17.2 Å². The predicted octanol–water partition coefficient (Wildman–Crippen LogP) is 6.77. The molecule has 3 aromatic carbocycles. The van der Waals surface area contributed by atoms with Crippen LogP contribution >= 0.6 is 0 Å². The van der Waals surface area contributed by atoms with Crippen LogP contribution in [-0.2, 0) is 9.53 Å². The van der Waals surface area contributed by atoms with E-state index in [1.165, 1.54) is 5.56 Å². The van der Waals surface area contributed by atoms with Crippen LogP contribution in [0.1, 0.15) is 30.5 Å². The zero-order valence-corrected chi connectivity index (χ0v) is 17.9. The number of carbonyl (C=O) groups is 1. The molecular formula is C28H28O3. The number of rotatable bonds is 6. The highest BCUT2D eigenvalue weighted by atomic mass is 16.5. The van der Waals surface area contributed by atoms with Gasteiger partial charge in [-0.25, -0.2) is 4.79 Å².